The molecule has 0 aliphatic rings. The molecular formula is C15H15FN2O3. The molecule has 0 bridgehead atoms. The van der Waals surface area contributed by atoms with Crippen molar-refractivity contribution in [3.05, 3.63) is 59.7 Å². The Morgan fingerprint density at radius 1 is 1.33 bits per heavy atom. The maximum Gasteiger partial charge on any atom is 0.257 e. The number of phenolic OH excluding ortho intramolecular Hbond substituents is 1. The third-order valence-corrected chi connectivity index (χ3v) is 2.94. The topological polar surface area (TPSA) is 73.7 Å². The fourth-order valence-electron chi connectivity index (χ4n) is 1.94. The summed E-state index contributed by atoms with van der Waals surface area (Å²) >= 11 is 0. The molecule has 1 aromatic carbocycles. The number of carbonyl (C=O) groups is 1. The minimum absolute atomic E-state index is 0.00580. The lowest BCUT2D eigenvalue weighted by Gasteiger charge is -2.22. The highest BCUT2D eigenvalue weighted by atomic mass is 19.1. The number of carbonyl (C=O) groups excluding carboxylic acids is 1. The number of rotatable bonds is 5. The van der Waals surface area contributed by atoms with Crippen LogP contribution in [0.1, 0.15) is 15.9 Å². The summed E-state index contributed by atoms with van der Waals surface area (Å²) in [4.78, 5) is 17.7. The van der Waals surface area contributed by atoms with Crippen molar-refractivity contribution in [2.75, 3.05) is 13.2 Å². The highest BCUT2D eigenvalue weighted by Gasteiger charge is 2.19. The van der Waals surface area contributed by atoms with Gasteiger partial charge in [0.05, 0.1) is 12.2 Å². The minimum atomic E-state index is -0.620. The van der Waals surface area contributed by atoms with Crippen molar-refractivity contribution in [1.82, 2.24) is 9.88 Å². The normalized spacial score (nSPS) is 10.4. The quantitative estimate of drug-likeness (QED) is 0.876. The standard InChI is InChI=1S/C15H15FN2O3/c16-12-3-4-13(14(20)8-12)15(21)18(6-7-19)10-11-2-1-5-17-9-11/h1-5,8-9,19-20H,6-7,10H2. The lowest BCUT2D eigenvalue weighted by atomic mass is 10.1. The lowest BCUT2D eigenvalue weighted by molar-refractivity contribution is 0.0704. The van der Waals surface area contributed by atoms with Crippen molar-refractivity contribution >= 4 is 5.91 Å². The van der Waals surface area contributed by atoms with Crippen LogP contribution in [0.15, 0.2) is 42.7 Å². The minimum Gasteiger partial charge on any atom is -0.507 e. The van der Waals surface area contributed by atoms with Crippen LogP contribution in [0.4, 0.5) is 4.39 Å². The summed E-state index contributed by atoms with van der Waals surface area (Å²) in [6.07, 6.45) is 3.23. The van der Waals surface area contributed by atoms with E-state index >= 15 is 0 Å². The molecule has 5 nitrogen and oxygen atoms in total. The van der Waals surface area contributed by atoms with Crippen LogP contribution < -0.4 is 0 Å². The predicted octanol–water partition coefficient (Wildman–Crippen LogP) is 1.56. The Kier molecular flexibility index (Phi) is 4.84. The molecule has 1 amide bonds. The van der Waals surface area contributed by atoms with Crippen LogP contribution in [0.5, 0.6) is 5.75 Å². The van der Waals surface area contributed by atoms with Crippen molar-refractivity contribution in [2.24, 2.45) is 0 Å². The molecule has 1 heterocycles. The Hall–Kier alpha value is -2.47. The van der Waals surface area contributed by atoms with Crippen molar-refractivity contribution < 1.29 is 19.4 Å². The summed E-state index contributed by atoms with van der Waals surface area (Å²) in [5, 5.41) is 18.8. The summed E-state index contributed by atoms with van der Waals surface area (Å²) in [6, 6.07) is 6.75. The molecule has 0 spiro atoms. The zero-order valence-electron chi connectivity index (χ0n) is 11.2. The summed E-state index contributed by atoms with van der Waals surface area (Å²) < 4.78 is 13.0. The third-order valence-electron chi connectivity index (χ3n) is 2.94. The summed E-state index contributed by atoms with van der Waals surface area (Å²) in [6.45, 7) is 0.128. The van der Waals surface area contributed by atoms with Gasteiger partial charge in [0.25, 0.3) is 5.91 Å². The average Bonchev–Trinajstić information content (AvgIpc) is 2.47. The van der Waals surface area contributed by atoms with Crippen molar-refractivity contribution in [3.63, 3.8) is 0 Å². The average molecular weight is 290 g/mol. The maximum atomic E-state index is 13.0. The van der Waals surface area contributed by atoms with E-state index in [4.69, 9.17) is 5.11 Å². The molecule has 0 aliphatic carbocycles. The SMILES string of the molecule is O=C(c1ccc(F)cc1O)N(CCO)Cc1cccnc1. The molecular weight excluding hydrogens is 275 g/mol. The molecule has 0 unspecified atom stereocenters. The first-order chi connectivity index (χ1) is 10.1. The first-order valence-electron chi connectivity index (χ1n) is 6.39. The number of pyridine rings is 1. The molecule has 21 heavy (non-hydrogen) atoms. The van der Waals surface area contributed by atoms with Gasteiger partial charge in [-0.2, -0.15) is 0 Å². The molecule has 0 radical (unpaired) electrons. The number of benzene rings is 1. The van der Waals surface area contributed by atoms with Gasteiger partial charge in [-0.3, -0.25) is 9.78 Å². The van der Waals surface area contributed by atoms with Gasteiger partial charge in [0.15, 0.2) is 0 Å². The number of halogens is 1. The van der Waals surface area contributed by atoms with Gasteiger partial charge in [0, 0.05) is 31.5 Å². The molecule has 0 saturated carbocycles. The smallest absolute Gasteiger partial charge is 0.257 e. The Bertz CT molecular complexity index is 620. The fraction of sp³-hybridized carbons (Fsp3) is 0.200. The van der Waals surface area contributed by atoms with E-state index in [-0.39, 0.29) is 25.3 Å². The number of phenols is 1. The predicted molar refractivity (Wildman–Crippen MR) is 74.1 cm³/mol. The molecule has 0 fully saturated rings. The van der Waals surface area contributed by atoms with E-state index in [1.165, 1.54) is 11.0 Å². The number of aromatic hydroxyl groups is 1. The molecule has 0 saturated heterocycles. The molecule has 1 aromatic heterocycles. The Balaban J connectivity index is 2.23. The highest BCUT2D eigenvalue weighted by Crippen LogP contribution is 2.20. The van der Waals surface area contributed by atoms with E-state index in [0.717, 1.165) is 17.7 Å². The first kappa shape index (κ1) is 14.9. The number of hydrogen-bond acceptors (Lipinski definition) is 4. The van der Waals surface area contributed by atoms with Gasteiger partial charge in [-0.15, -0.1) is 0 Å². The third kappa shape index (κ3) is 3.76. The zero-order chi connectivity index (χ0) is 15.2. The van der Waals surface area contributed by atoms with Crippen LogP contribution >= 0.6 is 0 Å². The van der Waals surface area contributed by atoms with Gasteiger partial charge in [-0.05, 0) is 23.8 Å². The van der Waals surface area contributed by atoms with E-state index in [0.29, 0.717) is 0 Å². The van der Waals surface area contributed by atoms with E-state index < -0.39 is 17.5 Å². The second kappa shape index (κ2) is 6.81. The Morgan fingerprint density at radius 3 is 2.76 bits per heavy atom. The van der Waals surface area contributed by atoms with Gasteiger partial charge in [-0.1, -0.05) is 6.07 Å². The van der Waals surface area contributed by atoms with E-state index in [2.05, 4.69) is 4.98 Å². The fourth-order valence-corrected chi connectivity index (χ4v) is 1.94. The second-order valence-electron chi connectivity index (χ2n) is 4.47. The summed E-state index contributed by atoms with van der Waals surface area (Å²) in [7, 11) is 0. The number of aliphatic hydroxyl groups excluding tert-OH is 1. The number of nitrogens with zero attached hydrogens (tertiary/aromatic N) is 2. The molecule has 0 atom stereocenters. The molecule has 2 N–H and O–H groups in total. The lowest BCUT2D eigenvalue weighted by Crippen LogP contribution is -2.33. The molecule has 2 aromatic rings. The first-order valence-corrected chi connectivity index (χ1v) is 6.39. The van der Waals surface area contributed by atoms with Crippen molar-refractivity contribution in [1.29, 1.82) is 0 Å². The maximum absolute atomic E-state index is 13.0. The molecule has 6 heteroatoms. The zero-order valence-corrected chi connectivity index (χ0v) is 11.2. The highest BCUT2D eigenvalue weighted by molar-refractivity contribution is 5.96. The summed E-state index contributed by atoms with van der Waals surface area (Å²) in [5.41, 5.74) is 0.787. The van der Waals surface area contributed by atoms with E-state index in [1.807, 2.05) is 0 Å². The number of hydrogen-bond donors (Lipinski definition) is 2. The van der Waals surface area contributed by atoms with E-state index in [1.54, 1.807) is 24.5 Å². The molecule has 2 rings (SSSR count). The van der Waals surface area contributed by atoms with Crippen LogP contribution in [-0.4, -0.2) is 39.2 Å². The van der Waals surface area contributed by atoms with E-state index in [9.17, 15) is 14.3 Å². The molecule has 0 aliphatic heterocycles. The van der Waals surface area contributed by atoms with Crippen LogP contribution in [-0.2, 0) is 6.54 Å². The number of amides is 1. The number of aromatic nitrogens is 1. The van der Waals surface area contributed by atoms with Crippen molar-refractivity contribution in [3.8, 4) is 5.75 Å². The van der Waals surface area contributed by atoms with Gasteiger partial charge in [0.2, 0.25) is 0 Å². The van der Waals surface area contributed by atoms with Crippen LogP contribution in [0.25, 0.3) is 0 Å². The molecule has 110 valence electrons. The van der Waals surface area contributed by atoms with Gasteiger partial charge in [-0.25, -0.2) is 4.39 Å². The second-order valence-corrected chi connectivity index (χ2v) is 4.47. The number of aliphatic hydroxyl groups is 1. The monoisotopic (exact) mass is 290 g/mol. The Labute approximate surface area is 121 Å². The van der Waals surface area contributed by atoms with Gasteiger partial charge in [0.1, 0.15) is 11.6 Å². The van der Waals surface area contributed by atoms with Crippen LogP contribution in [0.3, 0.4) is 0 Å². The van der Waals surface area contributed by atoms with Crippen molar-refractivity contribution in [2.45, 2.75) is 6.54 Å². The largest absolute Gasteiger partial charge is 0.507 e. The van der Waals surface area contributed by atoms with Crippen LogP contribution in [0, 0.1) is 5.82 Å². The van der Waals surface area contributed by atoms with Gasteiger partial charge < -0.3 is 15.1 Å². The van der Waals surface area contributed by atoms with Crippen LogP contribution in [0.2, 0.25) is 0 Å². The van der Waals surface area contributed by atoms with Gasteiger partial charge >= 0.3 is 0 Å². The Morgan fingerprint density at radius 2 is 2.14 bits per heavy atom. The summed E-state index contributed by atoms with van der Waals surface area (Å²) in [5.74, 6) is -1.52.